The summed E-state index contributed by atoms with van der Waals surface area (Å²) in [5.41, 5.74) is 1.57. The molecule has 0 fully saturated rings. The van der Waals surface area contributed by atoms with Crippen LogP contribution in [0.2, 0.25) is 0 Å². The Kier molecular flexibility index (Phi) is 12.9. The van der Waals surface area contributed by atoms with Crippen LogP contribution in [0.3, 0.4) is 0 Å². The van der Waals surface area contributed by atoms with E-state index in [1.54, 1.807) is 5.51 Å². The first-order chi connectivity index (χ1) is 12.5. The van der Waals surface area contributed by atoms with E-state index >= 15 is 0 Å². The molecule has 0 bridgehead atoms. The molecule has 5 heterocycles. The van der Waals surface area contributed by atoms with E-state index in [0.29, 0.717) is 0 Å². The monoisotopic (exact) mass is 385 g/mol. The van der Waals surface area contributed by atoms with Gasteiger partial charge in [-0.05, 0) is 10.4 Å². The molecule has 0 radical (unpaired) electrons. The summed E-state index contributed by atoms with van der Waals surface area (Å²) in [7, 11) is 0. The number of hydrogen-bond donors (Lipinski definition) is 0. The summed E-state index contributed by atoms with van der Waals surface area (Å²) in [6.45, 7) is 0. The van der Waals surface area contributed by atoms with Crippen LogP contribution < -0.4 is 0 Å². The Morgan fingerprint density at radius 3 is 1.84 bits per heavy atom. The fraction of sp³-hybridized carbons (Fsp3) is 0. The van der Waals surface area contributed by atoms with Crippen molar-refractivity contribution >= 4 is 23.3 Å². The molecule has 130 valence electrons. The van der Waals surface area contributed by atoms with Crippen molar-refractivity contribution in [2.75, 3.05) is 0 Å². The first-order valence-electron chi connectivity index (χ1n) is 5.62. The normalized spacial score (nSPS) is 8.00. The van der Waals surface area contributed by atoms with Gasteiger partial charge < -0.3 is 13.5 Å². The van der Waals surface area contributed by atoms with E-state index in [9.17, 15) is 0 Å². The number of hydrogen-bond acceptors (Lipinski definition) is 18. The van der Waals surface area contributed by atoms with Crippen molar-refractivity contribution < 1.29 is 13.5 Å². The maximum Gasteiger partial charge on any atom is 0.235 e. The third-order valence-electron chi connectivity index (χ3n) is 1.25. The second-order valence-corrected chi connectivity index (χ2v) is 3.78. The standard InChI is InChI=1S/2C2H2N2O.CHN3O.2CHN3S/c1-3-4-2-5-1;1-3-2-5-4-1;2*1-2-3-4-5-1;1-2-4-5-3-1/h2*1-2H;3*1H. The average Bonchev–Trinajstić information content (AvgIpc) is 3.55. The molecule has 5 aromatic rings. The van der Waals surface area contributed by atoms with Crippen molar-refractivity contribution in [2.24, 2.45) is 0 Å². The lowest BCUT2D eigenvalue weighted by Gasteiger charge is -1.45. The van der Waals surface area contributed by atoms with Gasteiger partial charge in [0.25, 0.3) is 0 Å². The molecule has 0 saturated carbocycles. The van der Waals surface area contributed by atoms with Gasteiger partial charge in [-0.2, -0.15) is 4.37 Å². The third kappa shape index (κ3) is 15.0. The summed E-state index contributed by atoms with van der Waals surface area (Å²) in [5, 5.41) is 29.1. The minimum absolute atomic E-state index is 1.10. The van der Waals surface area contributed by atoms with Crippen molar-refractivity contribution in [1.29, 1.82) is 0 Å². The largest absolute Gasteiger partial charge is 0.431 e. The van der Waals surface area contributed by atoms with Crippen LogP contribution in [0.5, 0.6) is 0 Å². The predicted molar refractivity (Wildman–Crippen MR) is 76.1 cm³/mol. The minimum Gasteiger partial charge on any atom is -0.431 e. The molecule has 0 saturated heterocycles. The Labute approximate surface area is 145 Å². The van der Waals surface area contributed by atoms with Crippen LogP contribution in [-0.2, 0) is 0 Å². The van der Waals surface area contributed by atoms with Gasteiger partial charge in [0, 0.05) is 11.5 Å². The maximum atomic E-state index is 4.36. The quantitative estimate of drug-likeness (QED) is 0.328. The van der Waals surface area contributed by atoms with Gasteiger partial charge in [0.15, 0.2) is 12.7 Å². The SMILES string of the molecule is c1ncon1.c1nnco1.c1nnno1.c1nnns1.c1nnsn1. The lowest BCUT2D eigenvalue weighted by atomic mass is 11.3. The first kappa shape index (κ1) is 19.4. The van der Waals surface area contributed by atoms with Crippen LogP contribution in [0.15, 0.2) is 57.2 Å². The minimum atomic E-state index is 1.10. The number of aromatic nitrogens is 13. The second-order valence-electron chi connectivity index (χ2n) is 2.65. The Hall–Kier alpha value is -3.67. The molecule has 0 aliphatic heterocycles. The van der Waals surface area contributed by atoms with Crippen LogP contribution in [0, 0.1) is 0 Å². The van der Waals surface area contributed by atoms with E-state index in [1.165, 1.54) is 43.4 Å². The van der Waals surface area contributed by atoms with Crippen LogP contribution in [0.1, 0.15) is 0 Å². The van der Waals surface area contributed by atoms with Crippen LogP contribution in [-0.4, -0.2) is 64.7 Å². The van der Waals surface area contributed by atoms with E-state index in [2.05, 4.69) is 78.1 Å². The van der Waals surface area contributed by atoms with E-state index < -0.39 is 0 Å². The van der Waals surface area contributed by atoms with Crippen molar-refractivity contribution in [3.8, 4) is 0 Å². The molecular weight excluding hydrogens is 378 g/mol. The molecule has 0 N–H and O–H groups in total. The number of nitrogens with zero attached hydrogens (tertiary/aromatic N) is 13. The smallest absolute Gasteiger partial charge is 0.235 e. The molecule has 16 nitrogen and oxygen atoms in total. The van der Waals surface area contributed by atoms with Crippen molar-refractivity contribution in [2.45, 2.75) is 0 Å². The zero-order valence-corrected chi connectivity index (χ0v) is 13.5. The summed E-state index contributed by atoms with van der Waals surface area (Å²) in [4.78, 5) is 3.44. The van der Waals surface area contributed by atoms with Gasteiger partial charge in [-0.15, -0.1) is 20.4 Å². The lowest BCUT2D eigenvalue weighted by molar-refractivity contribution is 0.392. The van der Waals surface area contributed by atoms with Gasteiger partial charge in [-0.1, -0.05) is 19.2 Å². The Morgan fingerprint density at radius 2 is 1.64 bits per heavy atom. The molecular formula is C7H7N13O3S2. The molecule has 0 spiro atoms. The van der Waals surface area contributed by atoms with E-state index in [-0.39, 0.29) is 0 Å². The molecule has 0 aliphatic carbocycles. The van der Waals surface area contributed by atoms with E-state index in [0.717, 1.165) is 18.1 Å². The summed E-state index contributed by atoms with van der Waals surface area (Å²) in [5.74, 6) is 0. The molecule has 0 aromatic carbocycles. The molecule has 0 aliphatic rings. The van der Waals surface area contributed by atoms with Gasteiger partial charge in [0.05, 0.1) is 17.0 Å². The second kappa shape index (κ2) is 16.7. The highest BCUT2D eigenvalue weighted by atomic mass is 32.1. The predicted octanol–water partition coefficient (Wildman–Crippen LogP) is -0.530. The maximum absolute atomic E-state index is 4.36. The van der Waals surface area contributed by atoms with E-state index in [4.69, 9.17) is 0 Å². The van der Waals surface area contributed by atoms with E-state index in [1.807, 2.05) is 0 Å². The van der Waals surface area contributed by atoms with Gasteiger partial charge in [0.1, 0.15) is 5.51 Å². The van der Waals surface area contributed by atoms with Crippen molar-refractivity contribution in [3.05, 3.63) is 43.7 Å². The van der Waals surface area contributed by atoms with Gasteiger partial charge in [0.2, 0.25) is 25.6 Å². The number of rotatable bonds is 0. The van der Waals surface area contributed by atoms with Crippen LogP contribution >= 0.6 is 23.3 Å². The third-order valence-corrected chi connectivity index (χ3v) is 1.97. The zero-order valence-electron chi connectivity index (χ0n) is 11.9. The highest BCUT2D eigenvalue weighted by Crippen LogP contribution is 1.72. The molecule has 0 atom stereocenters. The zero-order chi connectivity index (χ0) is 17.7. The molecule has 25 heavy (non-hydrogen) atoms. The van der Waals surface area contributed by atoms with Gasteiger partial charge in [-0.3, -0.25) is 0 Å². The summed E-state index contributed by atoms with van der Waals surface area (Å²) >= 11 is 2.34. The van der Waals surface area contributed by atoms with Gasteiger partial charge in [-0.25, -0.2) is 4.98 Å². The summed E-state index contributed by atoms with van der Waals surface area (Å²) < 4.78 is 23.0. The topological polar surface area (TPSA) is 207 Å². The molecule has 18 heteroatoms. The highest BCUT2D eigenvalue weighted by molar-refractivity contribution is 7.02. The first-order valence-corrected chi connectivity index (χ1v) is 7.18. The fourth-order valence-corrected chi connectivity index (χ4v) is 1.01. The Morgan fingerprint density at radius 1 is 0.720 bits per heavy atom. The van der Waals surface area contributed by atoms with Crippen LogP contribution in [0.25, 0.3) is 0 Å². The summed E-state index contributed by atoms with van der Waals surface area (Å²) in [6, 6.07) is 0. The lowest BCUT2D eigenvalue weighted by Crippen LogP contribution is -1.61. The van der Waals surface area contributed by atoms with Crippen molar-refractivity contribution in [1.82, 2.24) is 64.7 Å². The average molecular weight is 385 g/mol. The molecule has 0 unspecified atom stereocenters. The summed E-state index contributed by atoms with van der Waals surface area (Å²) in [6.07, 6.45) is 7.69. The Bertz CT molecular complexity index is 477. The molecule has 5 aromatic heterocycles. The highest BCUT2D eigenvalue weighted by Gasteiger charge is 1.64. The van der Waals surface area contributed by atoms with Crippen LogP contribution in [0.4, 0.5) is 0 Å². The molecule has 5 rings (SSSR count). The Balaban J connectivity index is 0.000000156. The molecule has 0 amide bonds. The van der Waals surface area contributed by atoms with Gasteiger partial charge >= 0.3 is 0 Å². The fourth-order valence-electron chi connectivity index (χ4n) is 0.588. The van der Waals surface area contributed by atoms with Crippen molar-refractivity contribution in [3.63, 3.8) is 0 Å².